The van der Waals surface area contributed by atoms with Crippen molar-refractivity contribution in [1.29, 1.82) is 0 Å². The number of nitrogens with zero attached hydrogens (tertiary/aromatic N) is 1. The van der Waals surface area contributed by atoms with Gasteiger partial charge in [-0.3, -0.25) is 14.6 Å². The number of carbonyl (C=O) groups is 2. The van der Waals surface area contributed by atoms with Gasteiger partial charge in [-0.1, -0.05) is 60.7 Å². The number of rotatable bonds is 5. The predicted octanol–water partition coefficient (Wildman–Crippen LogP) is 3.77. The summed E-state index contributed by atoms with van der Waals surface area (Å²) in [5, 5.41) is 3.19. The van der Waals surface area contributed by atoms with Gasteiger partial charge in [0.25, 0.3) is 0 Å². The molecule has 4 nitrogen and oxygen atoms in total. The fourth-order valence-corrected chi connectivity index (χ4v) is 3.33. The van der Waals surface area contributed by atoms with Crippen LogP contribution in [-0.2, 0) is 0 Å². The van der Waals surface area contributed by atoms with Gasteiger partial charge in [-0.05, 0) is 23.3 Å². The quantitative estimate of drug-likeness (QED) is 0.758. The first-order valence-electron chi connectivity index (χ1n) is 8.83. The van der Waals surface area contributed by atoms with Crippen molar-refractivity contribution in [3.05, 3.63) is 113 Å². The fraction of sp³-hybridized carbons (Fsp3) is 0.0870. The molecule has 0 spiro atoms. The Hall–Kier alpha value is -3.53. The molecule has 1 aliphatic carbocycles. The van der Waals surface area contributed by atoms with Crippen LogP contribution < -0.4 is 5.32 Å². The fourth-order valence-electron chi connectivity index (χ4n) is 3.33. The Morgan fingerprint density at radius 1 is 0.815 bits per heavy atom. The summed E-state index contributed by atoms with van der Waals surface area (Å²) in [6.07, 6.45) is 2.91. The van der Waals surface area contributed by atoms with Crippen molar-refractivity contribution >= 4 is 11.6 Å². The highest BCUT2D eigenvalue weighted by atomic mass is 16.1. The zero-order chi connectivity index (χ0) is 18.6. The number of allylic oxidation sites excluding steroid dienone is 2. The normalized spacial score (nSPS) is 13.3. The van der Waals surface area contributed by atoms with E-state index in [-0.39, 0.29) is 23.2 Å². The van der Waals surface area contributed by atoms with Crippen molar-refractivity contribution in [3.8, 4) is 0 Å². The molecule has 0 aliphatic heterocycles. The lowest BCUT2D eigenvalue weighted by Crippen LogP contribution is -2.30. The molecule has 132 valence electrons. The van der Waals surface area contributed by atoms with Gasteiger partial charge in [-0.15, -0.1) is 0 Å². The molecule has 0 bridgehead atoms. The van der Waals surface area contributed by atoms with Gasteiger partial charge in [0.1, 0.15) is 5.69 Å². The Morgan fingerprint density at radius 3 is 2.07 bits per heavy atom. The summed E-state index contributed by atoms with van der Waals surface area (Å²) in [6, 6.07) is 23.5. The summed E-state index contributed by atoms with van der Waals surface area (Å²) >= 11 is 0. The molecular formula is C23H18N2O2. The summed E-state index contributed by atoms with van der Waals surface area (Å²) in [4.78, 5) is 29.1. The van der Waals surface area contributed by atoms with Crippen LogP contribution in [0.15, 0.2) is 90.8 Å². The van der Waals surface area contributed by atoms with E-state index in [9.17, 15) is 9.59 Å². The highest BCUT2D eigenvalue weighted by Crippen LogP contribution is 2.25. The number of benzene rings is 2. The molecule has 3 aromatic rings. The molecule has 4 rings (SSSR count). The second-order valence-corrected chi connectivity index (χ2v) is 6.41. The average Bonchev–Trinajstić information content (AvgIpc) is 2.73. The first-order valence-corrected chi connectivity index (χ1v) is 8.83. The maximum absolute atomic E-state index is 12.7. The van der Waals surface area contributed by atoms with Crippen LogP contribution >= 0.6 is 0 Å². The summed E-state index contributed by atoms with van der Waals surface area (Å²) in [5.41, 5.74) is 3.15. The van der Waals surface area contributed by atoms with E-state index < -0.39 is 0 Å². The molecule has 1 aromatic heterocycles. The van der Waals surface area contributed by atoms with Crippen LogP contribution in [0.5, 0.6) is 0 Å². The number of carbonyl (C=O) groups excluding carboxylic acids is 2. The minimum absolute atomic E-state index is 0.0568. The third kappa shape index (κ3) is 3.42. The average molecular weight is 354 g/mol. The summed E-state index contributed by atoms with van der Waals surface area (Å²) in [5.74, 6) is -0.387. The molecule has 2 aromatic carbocycles. The van der Waals surface area contributed by atoms with Crippen molar-refractivity contribution in [2.75, 3.05) is 6.54 Å². The van der Waals surface area contributed by atoms with E-state index in [0.29, 0.717) is 17.8 Å². The molecule has 0 fully saturated rings. The largest absolute Gasteiger partial charge is 0.381 e. The zero-order valence-electron chi connectivity index (χ0n) is 14.6. The molecule has 1 heterocycles. The van der Waals surface area contributed by atoms with E-state index in [4.69, 9.17) is 0 Å². The zero-order valence-corrected chi connectivity index (χ0v) is 14.6. The Balaban J connectivity index is 1.60. The van der Waals surface area contributed by atoms with Crippen molar-refractivity contribution in [2.45, 2.75) is 5.92 Å². The van der Waals surface area contributed by atoms with Crippen LogP contribution in [0.2, 0.25) is 0 Å². The Labute approximate surface area is 157 Å². The summed E-state index contributed by atoms with van der Waals surface area (Å²) in [7, 11) is 0. The van der Waals surface area contributed by atoms with Crippen LogP contribution in [0, 0.1) is 0 Å². The highest BCUT2D eigenvalue weighted by molar-refractivity contribution is 6.23. The maximum atomic E-state index is 12.7. The van der Waals surface area contributed by atoms with Crippen LogP contribution in [0.3, 0.4) is 0 Å². The lowest BCUT2D eigenvalue weighted by Gasteiger charge is -2.21. The van der Waals surface area contributed by atoms with E-state index >= 15 is 0 Å². The number of fused-ring (bicyclic) bond motifs is 1. The van der Waals surface area contributed by atoms with Crippen LogP contribution in [-0.4, -0.2) is 23.1 Å². The molecule has 0 saturated carbocycles. The second kappa shape index (κ2) is 7.38. The number of Topliss-reactive ketones (excluding diaryl/α,β-unsaturated/α-hetero) is 1. The third-order valence-corrected chi connectivity index (χ3v) is 4.71. The predicted molar refractivity (Wildman–Crippen MR) is 104 cm³/mol. The number of nitrogens with one attached hydrogen (secondary N) is 1. The van der Waals surface area contributed by atoms with Crippen LogP contribution in [0.1, 0.15) is 37.9 Å². The number of aromatic nitrogens is 1. The first kappa shape index (κ1) is 16.9. The highest BCUT2D eigenvalue weighted by Gasteiger charge is 2.27. The topological polar surface area (TPSA) is 59.1 Å². The van der Waals surface area contributed by atoms with Crippen LogP contribution in [0.25, 0.3) is 0 Å². The maximum Gasteiger partial charge on any atom is 0.228 e. The molecule has 27 heavy (non-hydrogen) atoms. The van der Waals surface area contributed by atoms with Crippen molar-refractivity contribution in [2.24, 2.45) is 0 Å². The molecular weight excluding hydrogens is 336 g/mol. The van der Waals surface area contributed by atoms with Crippen molar-refractivity contribution < 1.29 is 9.59 Å². The van der Waals surface area contributed by atoms with E-state index in [1.165, 1.54) is 12.3 Å². The van der Waals surface area contributed by atoms with Gasteiger partial charge in [0, 0.05) is 24.7 Å². The summed E-state index contributed by atoms with van der Waals surface area (Å²) in [6.45, 7) is 0.501. The molecule has 0 amide bonds. The monoisotopic (exact) mass is 354 g/mol. The molecule has 4 heteroatoms. The van der Waals surface area contributed by atoms with Crippen LogP contribution in [0.4, 0.5) is 0 Å². The van der Waals surface area contributed by atoms with Gasteiger partial charge < -0.3 is 5.32 Å². The lowest BCUT2D eigenvalue weighted by atomic mass is 9.90. The first-order chi connectivity index (χ1) is 13.2. The van der Waals surface area contributed by atoms with Gasteiger partial charge in [-0.2, -0.15) is 0 Å². The molecule has 0 atom stereocenters. The van der Waals surface area contributed by atoms with E-state index in [1.807, 2.05) is 36.4 Å². The SMILES string of the molecule is O=C1C=C(NCC(c2ccccc2)c2ccccc2)C(=O)c2ncccc21. The second-order valence-electron chi connectivity index (χ2n) is 6.41. The number of hydrogen-bond acceptors (Lipinski definition) is 4. The third-order valence-electron chi connectivity index (χ3n) is 4.71. The minimum atomic E-state index is -0.245. The lowest BCUT2D eigenvalue weighted by molar-refractivity contribution is 0.0974. The summed E-state index contributed by atoms with van der Waals surface area (Å²) < 4.78 is 0. The van der Waals surface area contributed by atoms with Gasteiger partial charge in [0.2, 0.25) is 5.78 Å². The van der Waals surface area contributed by atoms with Gasteiger partial charge >= 0.3 is 0 Å². The Bertz CT molecular complexity index is 971. The Kier molecular flexibility index (Phi) is 4.62. The van der Waals surface area contributed by atoms with Crippen molar-refractivity contribution in [3.63, 3.8) is 0 Å². The smallest absolute Gasteiger partial charge is 0.228 e. The number of pyridine rings is 1. The molecule has 1 aliphatic rings. The Morgan fingerprint density at radius 2 is 1.44 bits per heavy atom. The molecule has 0 saturated heterocycles. The van der Waals surface area contributed by atoms with Gasteiger partial charge in [0.05, 0.1) is 11.3 Å². The van der Waals surface area contributed by atoms with E-state index in [1.54, 1.807) is 12.1 Å². The standard InChI is InChI=1S/C23H18N2O2/c26-21-14-20(23(27)22-18(21)12-7-13-24-22)25-15-19(16-8-3-1-4-9-16)17-10-5-2-6-11-17/h1-14,19,25H,15H2. The van der Waals surface area contributed by atoms with Gasteiger partial charge in [0.15, 0.2) is 5.78 Å². The van der Waals surface area contributed by atoms with E-state index in [0.717, 1.165) is 11.1 Å². The minimum Gasteiger partial charge on any atom is -0.381 e. The number of hydrogen-bond donors (Lipinski definition) is 1. The van der Waals surface area contributed by atoms with E-state index in [2.05, 4.69) is 34.6 Å². The number of ketones is 2. The van der Waals surface area contributed by atoms with Gasteiger partial charge in [-0.25, -0.2) is 0 Å². The molecule has 1 N–H and O–H groups in total. The molecule has 0 unspecified atom stereocenters. The van der Waals surface area contributed by atoms with Crippen molar-refractivity contribution in [1.82, 2.24) is 10.3 Å². The molecule has 0 radical (unpaired) electrons.